The number of nitrogens with one attached hydrogen (secondary N) is 1. The van der Waals surface area contributed by atoms with Crippen LogP contribution in [0.4, 0.5) is 13.2 Å². The van der Waals surface area contributed by atoms with Crippen molar-refractivity contribution in [3.05, 3.63) is 89.5 Å². The van der Waals surface area contributed by atoms with Crippen molar-refractivity contribution in [1.29, 1.82) is 0 Å². The molecule has 4 nitrogen and oxygen atoms in total. The van der Waals surface area contributed by atoms with E-state index in [1.165, 1.54) is 6.08 Å². The lowest BCUT2D eigenvalue weighted by molar-refractivity contribution is -0.0509. The SMILES string of the molecule is C[C@@H](NC1C=C(OS(=O)(=O)C(F)(F)F)c2ccccc2C1)c1cccc2ccccc12. The summed E-state index contributed by atoms with van der Waals surface area (Å²) in [7, 11) is -5.77. The summed E-state index contributed by atoms with van der Waals surface area (Å²) in [4.78, 5) is 0. The Bertz CT molecular complexity index is 1250. The molecule has 0 bridgehead atoms. The fourth-order valence-electron chi connectivity index (χ4n) is 3.89. The van der Waals surface area contributed by atoms with Gasteiger partial charge in [-0.1, -0.05) is 66.7 Å². The van der Waals surface area contributed by atoms with E-state index >= 15 is 0 Å². The third-order valence-corrected chi connectivity index (χ3v) is 6.28. The van der Waals surface area contributed by atoms with Gasteiger partial charge >= 0.3 is 15.6 Å². The summed E-state index contributed by atoms with van der Waals surface area (Å²) in [5.41, 5.74) is -3.42. The van der Waals surface area contributed by atoms with Gasteiger partial charge in [0.05, 0.1) is 0 Å². The van der Waals surface area contributed by atoms with Gasteiger partial charge in [0, 0.05) is 17.6 Å². The maximum absolute atomic E-state index is 12.9. The monoisotopic (exact) mass is 447 g/mol. The zero-order chi connectivity index (χ0) is 22.2. The molecule has 162 valence electrons. The highest BCUT2D eigenvalue weighted by atomic mass is 32.2. The Morgan fingerprint density at radius 1 is 1.00 bits per heavy atom. The van der Waals surface area contributed by atoms with Crippen LogP contribution in [0.1, 0.15) is 29.7 Å². The van der Waals surface area contributed by atoms with E-state index in [1.807, 2.05) is 49.4 Å². The summed E-state index contributed by atoms with van der Waals surface area (Å²) in [5.74, 6) is -0.318. The van der Waals surface area contributed by atoms with Crippen LogP contribution in [-0.2, 0) is 20.7 Å². The molecule has 0 saturated heterocycles. The molecule has 0 aliphatic heterocycles. The average Bonchev–Trinajstić information content (AvgIpc) is 2.72. The highest BCUT2D eigenvalue weighted by Gasteiger charge is 2.49. The highest BCUT2D eigenvalue weighted by Crippen LogP contribution is 2.34. The minimum atomic E-state index is -5.77. The molecule has 1 aliphatic carbocycles. The Morgan fingerprint density at radius 2 is 1.68 bits per heavy atom. The van der Waals surface area contributed by atoms with Crippen LogP contribution in [0.3, 0.4) is 0 Å². The summed E-state index contributed by atoms with van der Waals surface area (Å²) in [6.07, 6.45) is 1.90. The second-order valence-corrected chi connectivity index (χ2v) is 8.98. The van der Waals surface area contributed by atoms with Crippen LogP contribution in [0.5, 0.6) is 0 Å². The van der Waals surface area contributed by atoms with Crippen molar-refractivity contribution in [1.82, 2.24) is 5.32 Å². The fraction of sp³-hybridized carbons (Fsp3) is 0.217. The predicted molar refractivity (Wildman–Crippen MR) is 113 cm³/mol. The molecule has 0 amide bonds. The van der Waals surface area contributed by atoms with Gasteiger partial charge in [0.1, 0.15) is 5.76 Å². The maximum Gasteiger partial charge on any atom is 0.534 e. The van der Waals surface area contributed by atoms with Gasteiger partial charge in [-0.05, 0) is 41.3 Å². The first-order valence-corrected chi connectivity index (χ1v) is 11.1. The molecule has 1 aliphatic rings. The Hall–Kier alpha value is -2.84. The highest BCUT2D eigenvalue weighted by molar-refractivity contribution is 7.87. The number of benzene rings is 3. The van der Waals surface area contributed by atoms with E-state index in [0.29, 0.717) is 17.5 Å². The lowest BCUT2D eigenvalue weighted by Gasteiger charge is -2.28. The molecule has 3 aromatic rings. The zero-order valence-corrected chi connectivity index (χ0v) is 17.4. The minimum absolute atomic E-state index is 0.141. The molecule has 0 heterocycles. The number of hydrogen-bond acceptors (Lipinski definition) is 4. The summed E-state index contributed by atoms with van der Waals surface area (Å²) in [6, 6.07) is 20.0. The van der Waals surface area contributed by atoms with Crippen LogP contribution < -0.4 is 5.32 Å². The van der Waals surface area contributed by atoms with Gasteiger partial charge in [0.2, 0.25) is 0 Å². The van der Waals surface area contributed by atoms with E-state index in [1.54, 1.807) is 24.3 Å². The summed E-state index contributed by atoms with van der Waals surface area (Å²) < 4.78 is 66.4. The van der Waals surface area contributed by atoms with E-state index in [-0.39, 0.29) is 11.8 Å². The molecule has 0 aromatic heterocycles. The number of alkyl halides is 3. The third-order valence-electron chi connectivity index (χ3n) is 5.31. The molecule has 3 aromatic carbocycles. The molecule has 31 heavy (non-hydrogen) atoms. The average molecular weight is 447 g/mol. The molecule has 8 heteroatoms. The zero-order valence-electron chi connectivity index (χ0n) is 16.6. The largest absolute Gasteiger partial charge is 0.534 e. The first-order valence-electron chi connectivity index (χ1n) is 9.70. The van der Waals surface area contributed by atoms with Crippen molar-refractivity contribution >= 4 is 26.6 Å². The van der Waals surface area contributed by atoms with Crippen molar-refractivity contribution < 1.29 is 25.8 Å². The lowest BCUT2D eigenvalue weighted by atomic mass is 9.91. The maximum atomic E-state index is 12.9. The summed E-state index contributed by atoms with van der Waals surface area (Å²) in [5, 5.41) is 5.54. The van der Waals surface area contributed by atoms with Crippen LogP contribution >= 0.6 is 0 Å². The van der Waals surface area contributed by atoms with Gasteiger partial charge in [-0.25, -0.2) is 0 Å². The van der Waals surface area contributed by atoms with Gasteiger partial charge < -0.3 is 9.50 Å². The number of halogens is 3. The molecule has 0 spiro atoms. The standard InChI is InChI=1S/C23H20F3NO3S/c1-15(19-12-6-9-16-7-2-4-10-20(16)19)27-18-13-17-8-3-5-11-21(17)22(14-18)30-31(28,29)23(24,25)26/h2-12,14-15,18,27H,13H2,1H3/t15-,18?/m1/s1. The van der Waals surface area contributed by atoms with Crippen molar-refractivity contribution in [3.8, 4) is 0 Å². The molecule has 1 unspecified atom stereocenters. The Morgan fingerprint density at radius 3 is 2.45 bits per heavy atom. The normalized spacial score (nSPS) is 17.7. The Balaban J connectivity index is 1.66. The number of fused-ring (bicyclic) bond motifs is 2. The number of rotatable bonds is 5. The molecule has 2 atom stereocenters. The van der Waals surface area contributed by atoms with E-state index in [2.05, 4.69) is 9.50 Å². The first-order chi connectivity index (χ1) is 14.7. The first kappa shape index (κ1) is 21.4. The summed E-state index contributed by atoms with van der Waals surface area (Å²) >= 11 is 0. The molecular weight excluding hydrogens is 427 g/mol. The Labute approximate surface area is 178 Å². The third kappa shape index (κ3) is 4.31. The van der Waals surface area contributed by atoms with Crippen LogP contribution in [0.25, 0.3) is 16.5 Å². The van der Waals surface area contributed by atoms with Gasteiger partial charge in [0.25, 0.3) is 0 Å². The Kier molecular flexibility index (Phi) is 5.53. The van der Waals surface area contributed by atoms with Crippen LogP contribution in [0.15, 0.2) is 72.8 Å². The van der Waals surface area contributed by atoms with Gasteiger partial charge in [-0.3, -0.25) is 0 Å². The lowest BCUT2D eigenvalue weighted by Crippen LogP contribution is -2.35. The van der Waals surface area contributed by atoms with Gasteiger partial charge in [-0.15, -0.1) is 0 Å². The molecule has 4 rings (SSSR count). The fourth-order valence-corrected chi connectivity index (χ4v) is 4.37. The van der Waals surface area contributed by atoms with E-state index < -0.39 is 21.7 Å². The van der Waals surface area contributed by atoms with E-state index in [4.69, 9.17) is 0 Å². The van der Waals surface area contributed by atoms with Crippen LogP contribution in [0.2, 0.25) is 0 Å². The molecular formula is C23H20F3NO3S. The van der Waals surface area contributed by atoms with Crippen molar-refractivity contribution in [2.24, 2.45) is 0 Å². The number of hydrogen-bond donors (Lipinski definition) is 1. The minimum Gasteiger partial charge on any atom is -0.376 e. The molecule has 0 fully saturated rings. The van der Waals surface area contributed by atoms with Gasteiger partial charge in [0.15, 0.2) is 0 Å². The topological polar surface area (TPSA) is 55.4 Å². The molecule has 0 saturated carbocycles. The smallest absolute Gasteiger partial charge is 0.376 e. The van der Waals surface area contributed by atoms with Crippen LogP contribution in [0, 0.1) is 0 Å². The predicted octanol–water partition coefficient (Wildman–Crippen LogP) is 5.32. The molecule has 1 N–H and O–H groups in total. The van der Waals surface area contributed by atoms with Crippen molar-refractivity contribution in [2.75, 3.05) is 0 Å². The quantitative estimate of drug-likeness (QED) is 0.425. The van der Waals surface area contributed by atoms with E-state index in [0.717, 1.165) is 16.3 Å². The second-order valence-electron chi connectivity index (χ2n) is 7.44. The summed E-state index contributed by atoms with van der Waals surface area (Å²) in [6.45, 7) is 1.96. The molecule has 0 radical (unpaired) electrons. The van der Waals surface area contributed by atoms with Crippen LogP contribution in [-0.4, -0.2) is 20.0 Å². The van der Waals surface area contributed by atoms with Crippen molar-refractivity contribution in [2.45, 2.75) is 30.9 Å². The van der Waals surface area contributed by atoms with Gasteiger partial charge in [-0.2, -0.15) is 21.6 Å². The van der Waals surface area contributed by atoms with Crippen molar-refractivity contribution in [3.63, 3.8) is 0 Å². The second kappa shape index (κ2) is 8.01. The van der Waals surface area contributed by atoms with E-state index in [9.17, 15) is 21.6 Å².